The largest absolute Gasteiger partial charge is 0.392 e. The van der Waals surface area contributed by atoms with Crippen LogP contribution in [-0.2, 0) is 6.61 Å². The van der Waals surface area contributed by atoms with E-state index in [9.17, 15) is 0 Å². The van der Waals surface area contributed by atoms with Crippen molar-refractivity contribution >= 4 is 5.69 Å². The molecule has 0 aromatic heterocycles. The number of piperidine rings is 1. The van der Waals surface area contributed by atoms with E-state index in [1.165, 1.54) is 25.1 Å². The summed E-state index contributed by atoms with van der Waals surface area (Å²) in [6, 6.07) is 8.28. The van der Waals surface area contributed by atoms with Gasteiger partial charge in [-0.05, 0) is 50.6 Å². The number of rotatable bonds is 4. The van der Waals surface area contributed by atoms with Gasteiger partial charge in [0.25, 0.3) is 0 Å². The zero-order valence-corrected chi connectivity index (χ0v) is 11.5. The van der Waals surface area contributed by atoms with Gasteiger partial charge < -0.3 is 14.9 Å². The maximum Gasteiger partial charge on any atom is 0.0681 e. The molecule has 0 atom stereocenters. The van der Waals surface area contributed by atoms with E-state index in [-0.39, 0.29) is 6.61 Å². The van der Waals surface area contributed by atoms with Crippen molar-refractivity contribution in [2.75, 3.05) is 38.6 Å². The SMILES string of the molecule is CN(C)CC1CCN(c2ccc(CO)cc2)CC1. The van der Waals surface area contributed by atoms with Crippen LogP contribution in [-0.4, -0.2) is 43.7 Å². The van der Waals surface area contributed by atoms with E-state index in [1.807, 2.05) is 12.1 Å². The molecule has 1 aromatic carbocycles. The molecule has 0 saturated carbocycles. The molecule has 0 bridgehead atoms. The van der Waals surface area contributed by atoms with E-state index in [4.69, 9.17) is 5.11 Å². The molecule has 1 aromatic rings. The second-order valence-corrected chi connectivity index (χ2v) is 5.52. The predicted octanol–water partition coefficient (Wildman–Crippen LogP) is 1.96. The molecule has 1 N–H and O–H groups in total. The first-order valence-electron chi connectivity index (χ1n) is 6.78. The van der Waals surface area contributed by atoms with E-state index >= 15 is 0 Å². The fourth-order valence-electron chi connectivity index (χ4n) is 2.70. The summed E-state index contributed by atoms with van der Waals surface area (Å²) in [5.41, 5.74) is 2.27. The summed E-state index contributed by atoms with van der Waals surface area (Å²) >= 11 is 0. The van der Waals surface area contributed by atoms with Crippen LogP contribution in [0.3, 0.4) is 0 Å². The van der Waals surface area contributed by atoms with Gasteiger partial charge >= 0.3 is 0 Å². The Morgan fingerprint density at radius 3 is 2.28 bits per heavy atom. The molecule has 0 radical (unpaired) electrons. The highest BCUT2D eigenvalue weighted by atomic mass is 16.3. The minimum atomic E-state index is 0.130. The van der Waals surface area contributed by atoms with Crippen LogP contribution >= 0.6 is 0 Å². The van der Waals surface area contributed by atoms with Crippen molar-refractivity contribution in [2.24, 2.45) is 5.92 Å². The zero-order chi connectivity index (χ0) is 13.0. The Kier molecular flexibility index (Phi) is 4.61. The van der Waals surface area contributed by atoms with Gasteiger partial charge in [-0.3, -0.25) is 0 Å². The third kappa shape index (κ3) is 3.47. The van der Waals surface area contributed by atoms with Crippen LogP contribution in [0.2, 0.25) is 0 Å². The molecule has 100 valence electrons. The lowest BCUT2D eigenvalue weighted by molar-refractivity contribution is 0.281. The van der Waals surface area contributed by atoms with Gasteiger partial charge in [0.05, 0.1) is 6.61 Å². The number of hydrogen-bond acceptors (Lipinski definition) is 3. The van der Waals surface area contributed by atoms with Crippen LogP contribution in [0.25, 0.3) is 0 Å². The van der Waals surface area contributed by atoms with Gasteiger partial charge in [0.1, 0.15) is 0 Å². The smallest absolute Gasteiger partial charge is 0.0681 e. The summed E-state index contributed by atoms with van der Waals surface area (Å²) in [6.07, 6.45) is 2.56. The number of hydrogen-bond donors (Lipinski definition) is 1. The first-order chi connectivity index (χ1) is 8.69. The summed E-state index contributed by atoms with van der Waals surface area (Å²) in [6.45, 7) is 3.64. The molecule has 0 aliphatic carbocycles. The molecule has 18 heavy (non-hydrogen) atoms. The van der Waals surface area contributed by atoms with E-state index in [0.29, 0.717) is 0 Å². The summed E-state index contributed by atoms with van der Waals surface area (Å²) < 4.78 is 0. The molecule has 0 unspecified atom stereocenters. The number of nitrogens with zero attached hydrogens (tertiary/aromatic N) is 2. The molecule has 2 rings (SSSR count). The third-order valence-corrected chi connectivity index (χ3v) is 3.72. The Balaban J connectivity index is 1.88. The van der Waals surface area contributed by atoms with Gasteiger partial charge in [-0.1, -0.05) is 12.1 Å². The third-order valence-electron chi connectivity index (χ3n) is 3.72. The highest BCUT2D eigenvalue weighted by Gasteiger charge is 2.19. The maximum atomic E-state index is 9.04. The second kappa shape index (κ2) is 6.21. The van der Waals surface area contributed by atoms with Crippen LogP contribution < -0.4 is 4.90 Å². The van der Waals surface area contributed by atoms with Gasteiger partial charge in [0.2, 0.25) is 0 Å². The Morgan fingerprint density at radius 1 is 1.17 bits per heavy atom. The molecule has 3 nitrogen and oxygen atoms in total. The van der Waals surface area contributed by atoms with Crippen molar-refractivity contribution in [3.05, 3.63) is 29.8 Å². The first-order valence-corrected chi connectivity index (χ1v) is 6.78. The molecule has 1 aliphatic heterocycles. The van der Waals surface area contributed by atoms with Crippen molar-refractivity contribution in [3.8, 4) is 0 Å². The number of anilines is 1. The fraction of sp³-hybridized carbons (Fsp3) is 0.600. The van der Waals surface area contributed by atoms with E-state index < -0.39 is 0 Å². The highest BCUT2D eigenvalue weighted by molar-refractivity contribution is 5.47. The summed E-state index contributed by atoms with van der Waals surface area (Å²) in [5.74, 6) is 0.841. The van der Waals surface area contributed by atoms with Crippen molar-refractivity contribution < 1.29 is 5.11 Å². The predicted molar refractivity (Wildman–Crippen MR) is 75.9 cm³/mol. The summed E-state index contributed by atoms with van der Waals surface area (Å²) in [4.78, 5) is 4.74. The average molecular weight is 248 g/mol. The normalized spacial score (nSPS) is 17.4. The lowest BCUT2D eigenvalue weighted by Gasteiger charge is -2.34. The molecule has 0 spiro atoms. The molecule has 1 heterocycles. The van der Waals surface area contributed by atoms with Gasteiger partial charge in [0, 0.05) is 25.3 Å². The summed E-state index contributed by atoms with van der Waals surface area (Å²) in [7, 11) is 4.31. The fourth-order valence-corrected chi connectivity index (χ4v) is 2.70. The van der Waals surface area contributed by atoms with Crippen molar-refractivity contribution in [1.29, 1.82) is 0 Å². The maximum absolute atomic E-state index is 9.04. The minimum absolute atomic E-state index is 0.130. The van der Waals surface area contributed by atoms with Crippen LogP contribution in [0.1, 0.15) is 18.4 Å². The summed E-state index contributed by atoms with van der Waals surface area (Å²) in [5, 5.41) is 9.04. The topological polar surface area (TPSA) is 26.7 Å². The molecule has 3 heteroatoms. The van der Waals surface area contributed by atoms with Gasteiger partial charge in [-0.15, -0.1) is 0 Å². The number of benzene rings is 1. The molecule has 1 aliphatic rings. The van der Waals surface area contributed by atoms with Crippen LogP contribution in [0, 0.1) is 5.92 Å². The molecule has 1 fully saturated rings. The van der Waals surface area contributed by atoms with Crippen LogP contribution in [0.15, 0.2) is 24.3 Å². The first kappa shape index (κ1) is 13.4. The monoisotopic (exact) mass is 248 g/mol. The van der Waals surface area contributed by atoms with Gasteiger partial charge in [0.15, 0.2) is 0 Å². The lowest BCUT2D eigenvalue weighted by Crippen LogP contribution is -2.37. The molecule has 0 amide bonds. The van der Waals surface area contributed by atoms with E-state index in [2.05, 4.69) is 36.0 Å². The van der Waals surface area contributed by atoms with E-state index in [0.717, 1.165) is 24.6 Å². The second-order valence-electron chi connectivity index (χ2n) is 5.52. The van der Waals surface area contributed by atoms with Crippen LogP contribution in [0.5, 0.6) is 0 Å². The van der Waals surface area contributed by atoms with Gasteiger partial charge in [-0.2, -0.15) is 0 Å². The minimum Gasteiger partial charge on any atom is -0.392 e. The standard InChI is InChI=1S/C15H24N2O/c1-16(2)11-13-7-9-17(10-8-13)15-5-3-14(12-18)4-6-15/h3-6,13,18H,7-12H2,1-2H3. The van der Waals surface area contributed by atoms with Crippen molar-refractivity contribution in [3.63, 3.8) is 0 Å². The Bertz CT molecular complexity index is 353. The Morgan fingerprint density at radius 2 is 1.78 bits per heavy atom. The zero-order valence-electron chi connectivity index (χ0n) is 11.5. The Labute approximate surface area is 110 Å². The quantitative estimate of drug-likeness (QED) is 0.882. The molecular weight excluding hydrogens is 224 g/mol. The molecular formula is C15H24N2O. The van der Waals surface area contributed by atoms with Gasteiger partial charge in [-0.25, -0.2) is 0 Å². The highest BCUT2D eigenvalue weighted by Crippen LogP contribution is 2.23. The lowest BCUT2D eigenvalue weighted by atomic mass is 9.96. The number of aliphatic hydroxyl groups excluding tert-OH is 1. The molecule has 1 saturated heterocycles. The van der Waals surface area contributed by atoms with Crippen LogP contribution in [0.4, 0.5) is 5.69 Å². The van der Waals surface area contributed by atoms with Crippen molar-refractivity contribution in [1.82, 2.24) is 4.90 Å². The number of aliphatic hydroxyl groups is 1. The Hall–Kier alpha value is -1.06. The average Bonchev–Trinajstić information content (AvgIpc) is 2.39. The van der Waals surface area contributed by atoms with E-state index in [1.54, 1.807) is 0 Å². The van der Waals surface area contributed by atoms with Crippen molar-refractivity contribution in [2.45, 2.75) is 19.4 Å².